The highest BCUT2D eigenvalue weighted by Gasteiger charge is 2.30. The van der Waals surface area contributed by atoms with E-state index in [1.165, 1.54) is 6.07 Å². The molecule has 5 rings (SSSR count). The quantitative estimate of drug-likeness (QED) is 0.406. The van der Waals surface area contributed by atoms with Crippen molar-refractivity contribution in [1.82, 2.24) is 30.0 Å². The Balaban J connectivity index is 1.44. The van der Waals surface area contributed by atoms with E-state index in [1.54, 1.807) is 30.7 Å². The summed E-state index contributed by atoms with van der Waals surface area (Å²) in [5, 5.41) is 8.09. The third-order valence-corrected chi connectivity index (χ3v) is 6.10. The van der Waals surface area contributed by atoms with Gasteiger partial charge < -0.3 is 10.3 Å². The highest BCUT2D eigenvalue weighted by Crippen LogP contribution is 2.32. The molecule has 6 nitrogen and oxygen atoms in total. The summed E-state index contributed by atoms with van der Waals surface area (Å²) < 4.78 is 41.1. The SMILES string of the molecule is FC(F)(F)c1ccc(Cl)c(/C=C/c2c[nH]c3ncc(-c4cnn(C5CCNCC5)c4)nc23)c1. The average molecular weight is 473 g/mol. The zero-order valence-electron chi connectivity index (χ0n) is 17.4. The Labute approximate surface area is 192 Å². The number of alkyl halides is 3. The van der Waals surface area contributed by atoms with Gasteiger partial charge in [-0.3, -0.25) is 4.68 Å². The van der Waals surface area contributed by atoms with E-state index in [-0.39, 0.29) is 10.6 Å². The molecule has 1 fully saturated rings. The molecule has 170 valence electrons. The molecule has 0 aliphatic carbocycles. The normalized spacial score (nSPS) is 15.6. The fourth-order valence-corrected chi connectivity index (χ4v) is 4.13. The molecule has 0 spiro atoms. The van der Waals surface area contributed by atoms with Crippen molar-refractivity contribution >= 4 is 34.9 Å². The number of aromatic nitrogens is 5. The molecular formula is C23H20ClF3N6. The number of rotatable bonds is 4. The van der Waals surface area contributed by atoms with Crippen LogP contribution in [0.1, 0.15) is 35.6 Å². The number of hydrogen-bond acceptors (Lipinski definition) is 4. The Morgan fingerprint density at radius 3 is 2.67 bits per heavy atom. The molecular weight excluding hydrogens is 453 g/mol. The fraction of sp³-hybridized carbons (Fsp3) is 0.261. The van der Waals surface area contributed by atoms with Gasteiger partial charge in [-0.15, -0.1) is 0 Å². The van der Waals surface area contributed by atoms with Gasteiger partial charge in [-0.1, -0.05) is 23.8 Å². The highest BCUT2D eigenvalue weighted by molar-refractivity contribution is 6.32. The number of piperidine rings is 1. The van der Waals surface area contributed by atoms with Crippen LogP contribution in [0.5, 0.6) is 0 Å². The van der Waals surface area contributed by atoms with Crippen LogP contribution >= 0.6 is 11.6 Å². The number of nitrogens with one attached hydrogen (secondary N) is 2. The molecule has 0 atom stereocenters. The van der Waals surface area contributed by atoms with Crippen molar-refractivity contribution < 1.29 is 13.2 Å². The highest BCUT2D eigenvalue weighted by atomic mass is 35.5. The second-order valence-corrected chi connectivity index (χ2v) is 8.36. The molecule has 2 N–H and O–H groups in total. The molecule has 33 heavy (non-hydrogen) atoms. The Hall–Kier alpha value is -3.17. The van der Waals surface area contributed by atoms with E-state index in [4.69, 9.17) is 16.6 Å². The van der Waals surface area contributed by atoms with Gasteiger partial charge in [0.15, 0.2) is 5.65 Å². The Morgan fingerprint density at radius 1 is 1.09 bits per heavy atom. The van der Waals surface area contributed by atoms with Crippen LogP contribution in [0.4, 0.5) is 13.2 Å². The Bertz CT molecular complexity index is 1320. The molecule has 4 aromatic rings. The lowest BCUT2D eigenvalue weighted by molar-refractivity contribution is -0.137. The van der Waals surface area contributed by atoms with Gasteiger partial charge >= 0.3 is 6.18 Å². The van der Waals surface area contributed by atoms with Gasteiger partial charge in [0.2, 0.25) is 0 Å². The molecule has 1 saturated heterocycles. The maximum atomic E-state index is 13.0. The smallest absolute Gasteiger partial charge is 0.344 e. The van der Waals surface area contributed by atoms with E-state index in [1.807, 2.05) is 10.9 Å². The van der Waals surface area contributed by atoms with Crippen molar-refractivity contribution in [2.45, 2.75) is 25.1 Å². The molecule has 0 bridgehead atoms. The van der Waals surface area contributed by atoms with E-state index in [2.05, 4.69) is 20.4 Å². The molecule has 0 amide bonds. The number of halogens is 4. The predicted octanol–water partition coefficient (Wildman–Crippen LogP) is 5.59. The number of benzene rings is 1. The van der Waals surface area contributed by atoms with Gasteiger partial charge in [0.1, 0.15) is 5.52 Å². The van der Waals surface area contributed by atoms with Gasteiger partial charge in [-0.2, -0.15) is 18.3 Å². The van der Waals surface area contributed by atoms with Crippen LogP contribution in [-0.2, 0) is 6.18 Å². The van der Waals surface area contributed by atoms with Crippen molar-refractivity contribution in [2.75, 3.05) is 13.1 Å². The first kappa shape index (κ1) is 21.7. The molecule has 4 heterocycles. The second kappa shape index (κ2) is 8.64. The van der Waals surface area contributed by atoms with Crippen molar-refractivity contribution in [3.63, 3.8) is 0 Å². The molecule has 0 radical (unpaired) electrons. The van der Waals surface area contributed by atoms with Crippen LogP contribution in [0.25, 0.3) is 34.6 Å². The predicted molar refractivity (Wildman–Crippen MR) is 122 cm³/mol. The lowest BCUT2D eigenvalue weighted by Gasteiger charge is -2.22. The third kappa shape index (κ3) is 4.51. The third-order valence-electron chi connectivity index (χ3n) is 5.76. The van der Waals surface area contributed by atoms with E-state index in [0.29, 0.717) is 28.5 Å². The van der Waals surface area contributed by atoms with Crippen molar-refractivity contribution in [1.29, 1.82) is 0 Å². The second-order valence-electron chi connectivity index (χ2n) is 7.95. The number of aromatic amines is 1. The minimum atomic E-state index is -4.44. The Morgan fingerprint density at radius 2 is 1.88 bits per heavy atom. The van der Waals surface area contributed by atoms with E-state index in [9.17, 15) is 13.2 Å². The largest absolute Gasteiger partial charge is 0.416 e. The number of H-pyrrole nitrogens is 1. The first-order valence-electron chi connectivity index (χ1n) is 10.5. The number of nitrogens with zero attached hydrogens (tertiary/aromatic N) is 4. The minimum Gasteiger partial charge on any atom is -0.344 e. The molecule has 0 unspecified atom stereocenters. The zero-order chi connectivity index (χ0) is 23.0. The van der Waals surface area contributed by atoms with E-state index < -0.39 is 11.7 Å². The van der Waals surface area contributed by atoms with Crippen LogP contribution < -0.4 is 5.32 Å². The van der Waals surface area contributed by atoms with Gasteiger partial charge in [-0.05, 0) is 49.7 Å². The monoisotopic (exact) mass is 472 g/mol. The summed E-state index contributed by atoms with van der Waals surface area (Å²) >= 11 is 6.11. The number of hydrogen-bond donors (Lipinski definition) is 2. The summed E-state index contributed by atoms with van der Waals surface area (Å²) in [5.41, 5.74) is 2.94. The summed E-state index contributed by atoms with van der Waals surface area (Å²) in [7, 11) is 0. The summed E-state index contributed by atoms with van der Waals surface area (Å²) in [5.74, 6) is 0. The molecule has 10 heteroatoms. The van der Waals surface area contributed by atoms with E-state index in [0.717, 1.165) is 43.6 Å². The maximum Gasteiger partial charge on any atom is 0.416 e. The van der Waals surface area contributed by atoms with Crippen LogP contribution in [0.2, 0.25) is 5.02 Å². The van der Waals surface area contributed by atoms with Crippen molar-refractivity contribution in [2.24, 2.45) is 0 Å². The molecule has 1 aliphatic heterocycles. The van der Waals surface area contributed by atoms with Gasteiger partial charge in [0.05, 0.1) is 29.7 Å². The van der Waals surface area contributed by atoms with E-state index >= 15 is 0 Å². The standard InChI is InChI=1S/C23H20ClF3N6/c24-19-4-3-17(23(25,26)27)9-14(19)1-2-15-10-29-22-21(15)32-20(12-30-22)16-11-31-33(13-16)18-5-7-28-8-6-18/h1-4,9-13,18,28H,5-8H2,(H,29,30)/b2-1+. The van der Waals surface area contributed by atoms with Gasteiger partial charge in [0, 0.05) is 28.5 Å². The van der Waals surface area contributed by atoms with Gasteiger partial charge in [-0.25, -0.2) is 9.97 Å². The van der Waals surface area contributed by atoms with Crippen LogP contribution in [0, 0.1) is 0 Å². The summed E-state index contributed by atoms with van der Waals surface area (Å²) in [6.07, 6.45) is 7.99. The molecule has 3 aromatic heterocycles. The fourth-order valence-electron chi connectivity index (χ4n) is 3.95. The topological polar surface area (TPSA) is 71.4 Å². The first-order chi connectivity index (χ1) is 15.9. The average Bonchev–Trinajstić information content (AvgIpc) is 3.45. The van der Waals surface area contributed by atoms with Crippen molar-refractivity contribution in [3.05, 3.63) is 64.7 Å². The summed E-state index contributed by atoms with van der Waals surface area (Å²) in [4.78, 5) is 12.2. The summed E-state index contributed by atoms with van der Waals surface area (Å²) in [6.45, 7) is 1.95. The maximum absolute atomic E-state index is 13.0. The van der Waals surface area contributed by atoms with Crippen LogP contribution in [0.3, 0.4) is 0 Å². The molecule has 1 aliphatic rings. The first-order valence-corrected chi connectivity index (χ1v) is 10.9. The minimum absolute atomic E-state index is 0.233. The number of fused-ring (bicyclic) bond motifs is 1. The Kier molecular flexibility index (Phi) is 5.67. The van der Waals surface area contributed by atoms with Gasteiger partial charge in [0.25, 0.3) is 0 Å². The van der Waals surface area contributed by atoms with Crippen LogP contribution in [-0.4, -0.2) is 37.8 Å². The van der Waals surface area contributed by atoms with Crippen LogP contribution in [0.15, 0.2) is 43.0 Å². The molecule has 0 saturated carbocycles. The van der Waals surface area contributed by atoms with Crippen molar-refractivity contribution in [3.8, 4) is 11.3 Å². The molecule has 1 aromatic carbocycles. The lowest BCUT2D eigenvalue weighted by atomic mass is 10.1. The zero-order valence-corrected chi connectivity index (χ0v) is 18.2. The summed E-state index contributed by atoms with van der Waals surface area (Å²) in [6, 6.07) is 3.60. The lowest BCUT2D eigenvalue weighted by Crippen LogP contribution is -2.29.